The van der Waals surface area contributed by atoms with Crippen LogP contribution in [0.2, 0.25) is 0 Å². The number of hydrogen-bond donors (Lipinski definition) is 1. The van der Waals surface area contributed by atoms with Gasteiger partial charge in [-0.2, -0.15) is 0 Å². The van der Waals surface area contributed by atoms with Crippen LogP contribution in [0.25, 0.3) is 6.08 Å². The summed E-state index contributed by atoms with van der Waals surface area (Å²) in [7, 11) is 1.85. The number of benzene rings is 1. The van der Waals surface area contributed by atoms with E-state index in [2.05, 4.69) is 41.0 Å². The van der Waals surface area contributed by atoms with Crippen LogP contribution in [0.5, 0.6) is 0 Å². The van der Waals surface area contributed by atoms with E-state index in [-0.39, 0.29) is 9.68 Å². The fourth-order valence-electron chi connectivity index (χ4n) is 0.877. The van der Waals surface area contributed by atoms with Gasteiger partial charge in [-0.1, -0.05) is 42.1 Å². The maximum Gasteiger partial charge on any atom is 0.116 e. The first-order chi connectivity index (χ1) is 5.43. The first-order valence-corrected chi connectivity index (χ1v) is 5.32. The van der Waals surface area contributed by atoms with Crippen LogP contribution in [-0.2, 0) is 0 Å². The third-order valence-corrected chi connectivity index (χ3v) is 2.31. The van der Waals surface area contributed by atoms with Gasteiger partial charge in [-0.05, 0) is 12.6 Å². The molecule has 0 unspecified atom stereocenters. The van der Waals surface area contributed by atoms with E-state index in [0.29, 0.717) is 0 Å². The second-order valence-electron chi connectivity index (χ2n) is 2.37. The van der Waals surface area contributed by atoms with E-state index in [1.165, 1.54) is 5.56 Å². The van der Waals surface area contributed by atoms with Crippen molar-refractivity contribution in [2.24, 2.45) is 0 Å². The van der Waals surface area contributed by atoms with Crippen molar-refractivity contribution < 1.29 is 0 Å². The van der Waals surface area contributed by atoms with Crippen molar-refractivity contribution in [3.05, 3.63) is 41.6 Å². The summed E-state index contributed by atoms with van der Waals surface area (Å²) in [6, 6.07) is 10.4. The Morgan fingerprint density at radius 1 is 1.27 bits per heavy atom. The van der Waals surface area contributed by atoms with Crippen LogP contribution >= 0.6 is 0 Å². The minimum absolute atomic E-state index is 0.153. The van der Waals surface area contributed by atoms with Crippen LogP contribution < -0.4 is 4.98 Å². The van der Waals surface area contributed by atoms with E-state index in [9.17, 15) is 0 Å². The van der Waals surface area contributed by atoms with Crippen molar-refractivity contribution in [3.8, 4) is 0 Å². The van der Waals surface area contributed by atoms with E-state index in [1.54, 1.807) is 0 Å². The van der Waals surface area contributed by atoms with E-state index >= 15 is 0 Å². The van der Waals surface area contributed by atoms with Crippen LogP contribution in [0.3, 0.4) is 0 Å². The zero-order valence-corrected chi connectivity index (χ0v) is 8.16. The van der Waals surface area contributed by atoms with Gasteiger partial charge in [0, 0.05) is 0 Å². The molecule has 1 rings (SSSR count). The molecule has 0 radical (unpaired) electrons. The molecule has 0 spiro atoms. The molecule has 0 saturated carbocycles. The Balaban J connectivity index is 2.50. The third kappa shape index (κ3) is 3.16. The van der Waals surface area contributed by atoms with E-state index in [0.717, 1.165) is 0 Å². The summed E-state index contributed by atoms with van der Waals surface area (Å²) in [4.78, 5) is 3.19. The van der Waals surface area contributed by atoms with Crippen LogP contribution in [0.1, 0.15) is 5.56 Å². The molecule has 0 bridgehead atoms. The molecule has 0 aliphatic carbocycles. The highest BCUT2D eigenvalue weighted by atomic mass is 28.2. The molecule has 0 fully saturated rings. The quantitative estimate of drug-likeness (QED) is 0.655. The molecule has 1 aromatic carbocycles. The first kappa shape index (κ1) is 8.24. The average molecular weight is 163 g/mol. The highest BCUT2D eigenvalue weighted by Gasteiger charge is 1.80. The minimum atomic E-state index is -0.153. The SMILES string of the molecule is CN[SiH2]C=Cc1ccccc1. The Bertz CT molecular complexity index is 218. The Kier molecular flexibility index (Phi) is 3.65. The lowest BCUT2D eigenvalue weighted by Crippen LogP contribution is -2.08. The highest BCUT2D eigenvalue weighted by molar-refractivity contribution is 6.40. The lowest BCUT2D eigenvalue weighted by molar-refractivity contribution is 1.26. The van der Waals surface area contributed by atoms with Crippen molar-refractivity contribution in [3.63, 3.8) is 0 Å². The summed E-state index contributed by atoms with van der Waals surface area (Å²) in [6.45, 7) is 0. The van der Waals surface area contributed by atoms with Crippen LogP contribution in [0, 0.1) is 0 Å². The molecular formula is C9H13NSi. The normalized spacial score (nSPS) is 11.7. The van der Waals surface area contributed by atoms with Gasteiger partial charge in [0.05, 0.1) is 0 Å². The summed E-state index contributed by atoms with van der Waals surface area (Å²) < 4.78 is 0. The zero-order valence-electron chi connectivity index (χ0n) is 6.75. The van der Waals surface area contributed by atoms with E-state index in [4.69, 9.17) is 0 Å². The Labute approximate surface area is 70.0 Å². The number of rotatable bonds is 3. The van der Waals surface area contributed by atoms with Gasteiger partial charge in [0.1, 0.15) is 9.68 Å². The Hall–Kier alpha value is -0.863. The summed E-state index contributed by atoms with van der Waals surface area (Å²) in [6.07, 6.45) is 2.17. The number of hydrogen-bond acceptors (Lipinski definition) is 1. The smallest absolute Gasteiger partial charge is 0.116 e. The predicted molar refractivity (Wildman–Crippen MR) is 53.1 cm³/mol. The maximum absolute atomic E-state index is 3.19. The second-order valence-corrected chi connectivity index (χ2v) is 3.96. The summed E-state index contributed by atoms with van der Waals surface area (Å²) >= 11 is 0. The van der Waals surface area contributed by atoms with Gasteiger partial charge < -0.3 is 4.98 Å². The fourth-order valence-corrected chi connectivity index (χ4v) is 1.50. The van der Waals surface area contributed by atoms with Gasteiger partial charge in [0.25, 0.3) is 0 Å². The molecule has 1 aromatic rings. The van der Waals surface area contributed by atoms with E-state index < -0.39 is 0 Å². The standard InChI is InChI=1S/C9H13NSi/c1-10-11-8-7-9-5-3-2-4-6-9/h2-8,10H,11H2,1H3. The Morgan fingerprint density at radius 2 is 2.00 bits per heavy atom. The van der Waals surface area contributed by atoms with Gasteiger partial charge in [-0.15, -0.1) is 0 Å². The minimum Gasteiger partial charge on any atom is -0.342 e. The summed E-state index contributed by atoms with van der Waals surface area (Å²) in [5.41, 5.74) is 3.53. The molecule has 0 atom stereocenters. The third-order valence-electron chi connectivity index (χ3n) is 1.43. The lowest BCUT2D eigenvalue weighted by atomic mass is 10.2. The Morgan fingerprint density at radius 3 is 2.64 bits per heavy atom. The average Bonchev–Trinajstić information content (AvgIpc) is 2.07. The van der Waals surface area contributed by atoms with Gasteiger partial charge >= 0.3 is 0 Å². The molecule has 0 aliphatic heterocycles. The molecule has 0 amide bonds. The molecule has 1 N–H and O–H groups in total. The molecule has 58 valence electrons. The molecule has 2 heteroatoms. The van der Waals surface area contributed by atoms with Crippen molar-refractivity contribution >= 4 is 15.8 Å². The van der Waals surface area contributed by atoms with Crippen LogP contribution in [0.4, 0.5) is 0 Å². The van der Waals surface area contributed by atoms with Crippen molar-refractivity contribution in [1.82, 2.24) is 4.98 Å². The lowest BCUT2D eigenvalue weighted by Gasteiger charge is -1.90. The molecule has 0 aromatic heterocycles. The van der Waals surface area contributed by atoms with Gasteiger partial charge in [-0.3, -0.25) is 0 Å². The fraction of sp³-hybridized carbons (Fsp3) is 0.111. The van der Waals surface area contributed by atoms with Gasteiger partial charge in [0.15, 0.2) is 0 Å². The molecule has 0 saturated heterocycles. The zero-order chi connectivity index (χ0) is 7.94. The van der Waals surface area contributed by atoms with E-state index in [1.807, 2.05) is 13.1 Å². The van der Waals surface area contributed by atoms with Crippen LogP contribution in [0.15, 0.2) is 36.0 Å². The molecule has 0 aliphatic rings. The highest BCUT2D eigenvalue weighted by Crippen LogP contribution is 1.99. The molecule has 0 heterocycles. The molecular weight excluding hydrogens is 150 g/mol. The summed E-state index contributed by atoms with van der Waals surface area (Å²) in [5.74, 6) is 0. The van der Waals surface area contributed by atoms with Crippen molar-refractivity contribution in [1.29, 1.82) is 0 Å². The first-order valence-electron chi connectivity index (χ1n) is 3.79. The summed E-state index contributed by atoms with van der Waals surface area (Å²) in [5, 5.41) is 0. The van der Waals surface area contributed by atoms with Crippen molar-refractivity contribution in [2.45, 2.75) is 0 Å². The second kappa shape index (κ2) is 4.88. The van der Waals surface area contributed by atoms with Gasteiger partial charge in [0.2, 0.25) is 0 Å². The largest absolute Gasteiger partial charge is 0.342 e. The van der Waals surface area contributed by atoms with Crippen molar-refractivity contribution in [2.75, 3.05) is 7.05 Å². The number of nitrogens with one attached hydrogen (secondary N) is 1. The predicted octanol–water partition coefficient (Wildman–Crippen LogP) is 0.961. The van der Waals surface area contributed by atoms with Crippen LogP contribution in [-0.4, -0.2) is 16.7 Å². The maximum atomic E-state index is 3.19. The topological polar surface area (TPSA) is 12.0 Å². The molecule has 11 heavy (non-hydrogen) atoms. The van der Waals surface area contributed by atoms with Gasteiger partial charge in [-0.25, -0.2) is 0 Å². The molecule has 1 nitrogen and oxygen atoms in total. The monoisotopic (exact) mass is 163 g/mol.